The Morgan fingerprint density at radius 2 is 1.67 bits per heavy atom. The van der Waals surface area contributed by atoms with E-state index in [1.54, 1.807) is 0 Å². The first-order valence-electron chi connectivity index (χ1n) is 7.55. The number of rotatable bonds is 4. The summed E-state index contributed by atoms with van der Waals surface area (Å²) in [5.74, 6) is -0.731. The molecule has 3 aromatic rings. The molecule has 1 N–H and O–H groups in total. The van der Waals surface area contributed by atoms with Gasteiger partial charge in [-0.2, -0.15) is 18.3 Å². The Bertz CT molecular complexity index is 1070. The van der Waals surface area contributed by atoms with Crippen molar-refractivity contribution in [1.82, 2.24) is 9.78 Å². The molecule has 0 unspecified atom stereocenters. The third-order valence-corrected chi connectivity index (χ3v) is 4.17. The van der Waals surface area contributed by atoms with Gasteiger partial charge in [0.05, 0.1) is 11.9 Å². The van der Waals surface area contributed by atoms with Crippen LogP contribution in [0, 0.1) is 5.82 Å². The van der Waals surface area contributed by atoms with Gasteiger partial charge in [0.15, 0.2) is 5.69 Å². The summed E-state index contributed by atoms with van der Waals surface area (Å²) in [5, 5.41) is 3.51. The Labute approximate surface area is 152 Å². The smallest absolute Gasteiger partial charge is 0.284 e. The van der Waals surface area contributed by atoms with Gasteiger partial charge in [-0.25, -0.2) is 17.5 Å². The molecule has 0 saturated carbocycles. The van der Waals surface area contributed by atoms with E-state index >= 15 is 0 Å². The van der Waals surface area contributed by atoms with Crippen LogP contribution >= 0.6 is 0 Å². The predicted molar refractivity (Wildman–Crippen MR) is 92.4 cm³/mol. The maximum absolute atomic E-state index is 14.1. The standard InChI is InChI=1S/C17H13F4N3O2S/c1-27(25,26)23-12-8-6-11(7-9-12)15-10-16(17(19,20)21)22-24(15)14-5-3-2-4-13(14)18/h2-10,23H,1H3. The Morgan fingerprint density at radius 1 is 1.04 bits per heavy atom. The molecule has 2 aromatic carbocycles. The SMILES string of the molecule is CS(=O)(=O)Nc1ccc(-c2cc(C(F)(F)F)nn2-c2ccccc2F)cc1. The lowest BCUT2D eigenvalue weighted by Crippen LogP contribution is -2.09. The van der Waals surface area contributed by atoms with Gasteiger partial charge in [0.25, 0.3) is 0 Å². The lowest BCUT2D eigenvalue weighted by molar-refractivity contribution is -0.141. The number of hydrogen-bond donors (Lipinski definition) is 1. The van der Waals surface area contributed by atoms with Crippen LogP contribution in [0.1, 0.15) is 5.69 Å². The molecule has 0 aliphatic rings. The van der Waals surface area contributed by atoms with Crippen molar-refractivity contribution in [1.29, 1.82) is 0 Å². The molecule has 27 heavy (non-hydrogen) atoms. The van der Waals surface area contributed by atoms with Gasteiger partial charge in [0.1, 0.15) is 11.5 Å². The van der Waals surface area contributed by atoms with E-state index < -0.39 is 27.7 Å². The van der Waals surface area contributed by atoms with Crippen LogP contribution in [0.4, 0.5) is 23.2 Å². The first kappa shape index (κ1) is 18.9. The highest BCUT2D eigenvalue weighted by Crippen LogP contribution is 2.34. The molecule has 3 rings (SSSR count). The van der Waals surface area contributed by atoms with Gasteiger partial charge in [0, 0.05) is 11.3 Å². The molecule has 0 spiro atoms. The molecule has 5 nitrogen and oxygen atoms in total. The number of aromatic nitrogens is 2. The van der Waals surface area contributed by atoms with Gasteiger partial charge < -0.3 is 0 Å². The van der Waals surface area contributed by atoms with Crippen molar-refractivity contribution in [2.45, 2.75) is 6.18 Å². The van der Waals surface area contributed by atoms with Crippen LogP contribution in [0.15, 0.2) is 54.6 Å². The maximum atomic E-state index is 14.1. The number of nitrogens with one attached hydrogen (secondary N) is 1. The number of benzene rings is 2. The Kier molecular flexibility index (Phi) is 4.68. The molecule has 142 valence electrons. The molecule has 0 atom stereocenters. The minimum atomic E-state index is -4.71. The second kappa shape index (κ2) is 6.69. The second-order valence-electron chi connectivity index (χ2n) is 5.73. The highest BCUT2D eigenvalue weighted by molar-refractivity contribution is 7.92. The molecule has 0 amide bonds. The summed E-state index contributed by atoms with van der Waals surface area (Å²) in [7, 11) is -3.49. The van der Waals surface area contributed by atoms with Gasteiger partial charge in [-0.15, -0.1) is 0 Å². The van der Waals surface area contributed by atoms with Crippen LogP contribution in [0.3, 0.4) is 0 Å². The molecule has 10 heteroatoms. The topological polar surface area (TPSA) is 64.0 Å². The van der Waals surface area contributed by atoms with Crippen molar-refractivity contribution in [3.63, 3.8) is 0 Å². The van der Waals surface area contributed by atoms with E-state index in [1.165, 1.54) is 42.5 Å². The molecule has 0 aliphatic carbocycles. The minimum absolute atomic E-state index is 0.0123. The van der Waals surface area contributed by atoms with Crippen LogP contribution < -0.4 is 4.72 Å². The van der Waals surface area contributed by atoms with E-state index in [0.29, 0.717) is 5.56 Å². The largest absolute Gasteiger partial charge is 0.435 e. The summed E-state index contributed by atoms with van der Waals surface area (Å²) in [6.07, 6.45) is -3.73. The van der Waals surface area contributed by atoms with Gasteiger partial charge in [0.2, 0.25) is 10.0 Å². The monoisotopic (exact) mass is 399 g/mol. The third kappa shape index (κ3) is 4.27. The summed E-state index contributed by atoms with van der Waals surface area (Å²) in [4.78, 5) is 0. The van der Waals surface area contributed by atoms with Crippen molar-refractivity contribution in [3.8, 4) is 16.9 Å². The van der Waals surface area contributed by atoms with Crippen molar-refractivity contribution in [3.05, 3.63) is 66.1 Å². The zero-order chi connectivity index (χ0) is 19.8. The number of anilines is 1. The minimum Gasteiger partial charge on any atom is -0.284 e. The fourth-order valence-electron chi connectivity index (χ4n) is 2.46. The molecule has 1 aromatic heterocycles. The van der Waals surface area contributed by atoms with Crippen LogP contribution in [-0.2, 0) is 16.2 Å². The van der Waals surface area contributed by atoms with Crippen molar-refractivity contribution < 1.29 is 26.0 Å². The predicted octanol–water partition coefficient (Wildman–Crippen LogP) is 4.07. The van der Waals surface area contributed by atoms with E-state index in [4.69, 9.17) is 0 Å². The fraction of sp³-hybridized carbons (Fsp3) is 0.118. The van der Waals surface area contributed by atoms with Crippen molar-refractivity contribution in [2.24, 2.45) is 0 Å². The number of alkyl halides is 3. The first-order valence-corrected chi connectivity index (χ1v) is 9.44. The molecular weight excluding hydrogens is 386 g/mol. The Morgan fingerprint density at radius 3 is 2.22 bits per heavy atom. The number of hydrogen-bond acceptors (Lipinski definition) is 3. The van der Waals surface area contributed by atoms with Gasteiger partial charge in [-0.3, -0.25) is 4.72 Å². The maximum Gasteiger partial charge on any atom is 0.435 e. The van der Waals surface area contributed by atoms with E-state index in [1.807, 2.05) is 0 Å². The van der Waals surface area contributed by atoms with Gasteiger partial charge in [-0.05, 0) is 30.3 Å². The van der Waals surface area contributed by atoms with Crippen LogP contribution in [-0.4, -0.2) is 24.5 Å². The average Bonchev–Trinajstić information content (AvgIpc) is 3.00. The number of halogens is 4. The summed E-state index contributed by atoms with van der Waals surface area (Å²) in [5.41, 5.74) is -0.742. The molecule has 0 radical (unpaired) electrons. The molecule has 1 heterocycles. The summed E-state index contributed by atoms with van der Waals surface area (Å²) in [6.45, 7) is 0. The van der Waals surface area contributed by atoms with E-state index in [2.05, 4.69) is 9.82 Å². The molecule has 0 bridgehead atoms. The van der Waals surface area contributed by atoms with Crippen LogP contribution in [0.5, 0.6) is 0 Å². The third-order valence-electron chi connectivity index (χ3n) is 3.56. The van der Waals surface area contributed by atoms with E-state index in [9.17, 15) is 26.0 Å². The lowest BCUT2D eigenvalue weighted by atomic mass is 10.1. The number of sulfonamides is 1. The molecular formula is C17H13F4N3O2S. The number of para-hydroxylation sites is 1. The fourth-order valence-corrected chi connectivity index (χ4v) is 3.02. The van der Waals surface area contributed by atoms with Crippen molar-refractivity contribution >= 4 is 15.7 Å². The summed E-state index contributed by atoms with van der Waals surface area (Å²) >= 11 is 0. The van der Waals surface area contributed by atoms with Gasteiger partial charge >= 0.3 is 6.18 Å². The summed E-state index contributed by atoms with van der Waals surface area (Å²) < 4.78 is 79.1. The second-order valence-corrected chi connectivity index (χ2v) is 7.48. The van der Waals surface area contributed by atoms with Gasteiger partial charge in [-0.1, -0.05) is 24.3 Å². The van der Waals surface area contributed by atoms with E-state index in [-0.39, 0.29) is 17.1 Å². The van der Waals surface area contributed by atoms with Crippen molar-refractivity contribution in [2.75, 3.05) is 11.0 Å². The lowest BCUT2D eigenvalue weighted by Gasteiger charge is -2.09. The highest BCUT2D eigenvalue weighted by atomic mass is 32.2. The first-order chi connectivity index (χ1) is 12.5. The number of nitrogens with zero attached hydrogens (tertiary/aromatic N) is 2. The quantitative estimate of drug-likeness (QED) is 0.673. The van der Waals surface area contributed by atoms with Crippen LogP contribution in [0.25, 0.3) is 16.9 Å². The molecule has 0 aliphatic heterocycles. The molecule has 0 fully saturated rings. The van der Waals surface area contributed by atoms with E-state index in [0.717, 1.165) is 23.1 Å². The Balaban J connectivity index is 2.12. The Hall–Kier alpha value is -2.88. The zero-order valence-corrected chi connectivity index (χ0v) is 14.6. The van der Waals surface area contributed by atoms with Crippen LogP contribution in [0.2, 0.25) is 0 Å². The zero-order valence-electron chi connectivity index (χ0n) is 13.8. The average molecular weight is 399 g/mol. The summed E-state index contributed by atoms with van der Waals surface area (Å²) in [6, 6.07) is 11.8. The molecule has 0 saturated heterocycles. The highest BCUT2D eigenvalue weighted by Gasteiger charge is 2.35. The normalized spacial score (nSPS) is 12.2.